The normalized spacial score (nSPS) is 10.5. The van der Waals surface area contributed by atoms with Crippen LogP contribution >= 0.6 is 0 Å². The summed E-state index contributed by atoms with van der Waals surface area (Å²) in [5.74, 6) is -1.14. The number of nitrogens with zero attached hydrogens (tertiary/aromatic N) is 2. The van der Waals surface area contributed by atoms with Gasteiger partial charge in [-0.25, -0.2) is 8.78 Å². The number of carbonyl (C=O) groups is 1. The number of aromatic nitrogens is 2. The first-order valence-electron chi connectivity index (χ1n) is 8.24. The van der Waals surface area contributed by atoms with Gasteiger partial charge >= 0.3 is 6.01 Å². The first kappa shape index (κ1) is 18.4. The predicted octanol–water partition coefficient (Wildman–Crippen LogP) is 4.35. The van der Waals surface area contributed by atoms with E-state index in [-0.39, 0.29) is 29.9 Å². The average molecular weight is 369 g/mol. The van der Waals surface area contributed by atoms with Crippen LogP contribution in [-0.4, -0.2) is 15.9 Å². The zero-order valence-corrected chi connectivity index (χ0v) is 14.8. The van der Waals surface area contributed by atoms with Crippen molar-refractivity contribution in [2.75, 3.05) is 5.32 Å². The summed E-state index contributed by atoms with van der Waals surface area (Å²) in [6.45, 7) is 3.38. The predicted molar refractivity (Wildman–Crippen MR) is 96.7 cm³/mol. The van der Waals surface area contributed by atoms with Gasteiger partial charge in [0.1, 0.15) is 5.82 Å². The van der Waals surface area contributed by atoms with Crippen LogP contribution in [0.25, 0.3) is 0 Å². The lowest BCUT2D eigenvalue weighted by Crippen LogP contribution is -2.17. The Kier molecular flexibility index (Phi) is 5.40. The Morgan fingerprint density at radius 3 is 2.26 bits per heavy atom. The summed E-state index contributed by atoms with van der Waals surface area (Å²) in [5.41, 5.74) is 2.12. The summed E-state index contributed by atoms with van der Waals surface area (Å²) >= 11 is 0. The van der Waals surface area contributed by atoms with E-state index in [1.165, 1.54) is 24.3 Å². The Morgan fingerprint density at radius 2 is 1.63 bits per heavy atom. The summed E-state index contributed by atoms with van der Waals surface area (Å²) in [4.78, 5) is 20.6. The molecule has 3 aromatic rings. The maximum atomic E-state index is 13.7. The van der Waals surface area contributed by atoms with Gasteiger partial charge in [0.2, 0.25) is 5.91 Å². The molecule has 27 heavy (non-hydrogen) atoms. The van der Waals surface area contributed by atoms with Crippen molar-refractivity contribution in [2.45, 2.75) is 20.3 Å². The topological polar surface area (TPSA) is 64.1 Å². The second-order valence-corrected chi connectivity index (χ2v) is 5.94. The smallest absolute Gasteiger partial charge is 0.322 e. The fourth-order valence-electron chi connectivity index (χ4n) is 2.51. The van der Waals surface area contributed by atoms with E-state index in [1.807, 2.05) is 0 Å². The molecule has 1 heterocycles. The van der Waals surface area contributed by atoms with Crippen molar-refractivity contribution in [2.24, 2.45) is 0 Å². The summed E-state index contributed by atoms with van der Waals surface area (Å²) in [7, 11) is 0. The van der Waals surface area contributed by atoms with Crippen LogP contribution in [0.4, 0.5) is 14.5 Å². The Bertz CT molecular complexity index is 952. The van der Waals surface area contributed by atoms with Crippen LogP contribution in [0.15, 0.2) is 48.5 Å². The molecule has 0 saturated heterocycles. The van der Waals surface area contributed by atoms with Crippen LogP contribution in [-0.2, 0) is 11.2 Å². The van der Waals surface area contributed by atoms with Crippen molar-refractivity contribution >= 4 is 11.6 Å². The molecular weight excluding hydrogens is 352 g/mol. The SMILES string of the molecule is Cc1nc(Oc2ccccc2F)nc(C)c1NC(=O)Cc1ccc(F)cc1. The fourth-order valence-corrected chi connectivity index (χ4v) is 2.51. The van der Waals surface area contributed by atoms with E-state index in [2.05, 4.69) is 15.3 Å². The quantitative estimate of drug-likeness (QED) is 0.726. The highest BCUT2D eigenvalue weighted by Crippen LogP contribution is 2.25. The average Bonchev–Trinajstić information content (AvgIpc) is 2.62. The van der Waals surface area contributed by atoms with E-state index >= 15 is 0 Å². The monoisotopic (exact) mass is 369 g/mol. The van der Waals surface area contributed by atoms with Crippen LogP contribution in [0.1, 0.15) is 17.0 Å². The van der Waals surface area contributed by atoms with Gasteiger partial charge in [-0.15, -0.1) is 0 Å². The van der Waals surface area contributed by atoms with E-state index in [9.17, 15) is 13.6 Å². The molecule has 2 aromatic carbocycles. The third kappa shape index (κ3) is 4.63. The third-order valence-corrected chi connectivity index (χ3v) is 3.83. The van der Waals surface area contributed by atoms with Crippen molar-refractivity contribution in [3.8, 4) is 11.8 Å². The number of anilines is 1. The van der Waals surface area contributed by atoms with Gasteiger partial charge in [-0.1, -0.05) is 24.3 Å². The minimum atomic E-state index is -0.520. The van der Waals surface area contributed by atoms with Gasteiger partial charge in [-0.3, -0.25) is 4.79 Å². The molecule has 0 saturated carbocycles. The second kappa shape index (κ2) is 7.90. The number of benzene rings is 2. The van der Waals surface area contributed by atoms with Crippen LogP contribution in [0.2, 0.25) is 0 Å². The molecule has 0 aliphatic carbocycles. The van der Waals surface area contributed by atoms with E-state index in [1.54, 1.807) is 38.1 Å². The summed E-state index contributed by atoms with van der Waals surface area (Å²) in [6.07, 6.45) is 0.0899. The van der Waals surface area contributed by atoms with Crippen molar-refractivity contribution < 1.29 is 18.3 Å². The lowest BCUT2D eigenvalue weighted by molar-refractivity contribution is -0.115. The standard InChI is InChI=1S/C20H17F2N3O2/c1-12-19(25-18(26)11-14-7-9-15(21)10-8-14)13(2)24-20(23-12)27-17-6-4-3-5-16(17)22/h3-10H,11H2,1-2H3,(H,25,26). The molecule has 0 unspecified atom stereocenters. The van der Waals surface area contributed by atoms with Crippen LogP contribution in [0.5, 0.6) is 11.8 Å². The molecule has 0 spiro atoms. The first-order valence-corrected chi connectivity index (χ1v) is 8.24. The summed E-state index contributed by atoms with van der Waals surface area (Å²) < 4.78 is 32.0. The molecule has 0 fully saturated rings. The zero-order valence-electron chi connectivity index (χ0n) is 14.8. The van der Waals surface area contributed by atoms with Gasteiger partial charge in [0.25, 0.3) is 0 Å². The van der Waals surface area contributed by atoms with E-state index in [4.69, 9.17) is 4.74 Å². The molecule has 0 bridgehead atoms. The van der Waals surface area contributed by atoms with Crippen molar-refractivity contribution in [3.63, 3.8) is 0 Å². The molecule has 1 aromatic heterocycles. The van der Waals surface area contributed by atoms with Gasteiger partial charge < -0.3 is 10.1 Å². The number of hydrogen-bond acceptors (Lipinski definition) is 4. The number of rotatable bonds is 5. The molecule has 0 aliphatic heterocycles. The minimum Gasteiger partial charge on any atom is -0.421 e. The van der Waals surface area contributed by atoms with E-state index in [0.717, 1.165) is 0 Å². The Balaban J connectivity index is 1.73. The van der Waals surface area contributed by atoms with Crippen molar-refractivity contribution in [1.29, 1.82) is 0 Å². The number of carbonyl (C=O) groups excluding carboxylic acids is 1. The summed E-state index contributed by atoms with van der Waals surface area (Å²) in [5, 5.41) is 2.76. The maximum Gasteiger partial charge on any atom is 0.322 e. The van der Waals surface area contributed by atoms with Gasteiger partial charge in [0.05, 0.1) is 23.5 Å². The van der Waals surface area contributed by atoms with E-state index in [0.29, 0.717) is 22.6 Å². The first-order chi connectivity index (χ1) is 12.9. The highest BCUT2D eigenvalue weighted by atomic mass is 19.1. The third-order valence-electron chi connectivity index (χ3n) is 3.83. The number of ether oxygens (including phenoxy) is 1. The number of nitrogens with one attached hydrogen (secondary N) is 1. The Morgan fingerprint density at radius 1 is 1.00 bits per heavy atom. The molecule has 0 aliphatic rings. The maximum absolute atomic E-state index is 13.7. The van der Waals surface area contributed by atoms with Crippen LogP contribution in [0, 0.1) is 25.5 Å². The molecule has 0 radical (unpaired) electrons. The van der Waals surface area contributed by atoms with E-state index < -0.39 is 5.82 Å². The molecule has 138 valence electrons. The number of aryl methyl sites for hydroxylation is 2. The van der Waals surface area contributed by atoms with Gasteiger partial charge in [-0.2, -0.15) is 9.97 Å². The van der Waals surface area contributed by atoms with Crippen LogP contribution in [0.3, 0.4) is 0 Å². The molecule has 1 N–H and O–H groups in total. The van der Waals surface area contributed by atoms with Crippen molar-refractivity contribution in [1.82, 2.24) is 9.97 Å². The summed E-state index contributed by atoms with van der Waals surface area (Å²) in [6, 6.07) is 11.6. The number of para-hydroxylation sites is 1. The molecular formula is C20H17F2N3O2. The van der Waals surface area contributed by atoms with Crippen molar-refractivity contribution in [3.05, 3.63) is 77.1 Å². The molecule has 7 heteroatoms. The molecule has 3 rings (SSSR count). The lowest BCUT2D eigenvalue weighted by Gasteiger charge is -2.12. The van der Waals surface area contributed by atoms with Gasteiger partial charge in [0, 0.05) is 0 Å². The Hall–Kier alpha value is -3.35. The zero-order chi connectivity index (χ0) is 19.4. The van der Waals surface area contributed by atoms with Gasteiger partial charge in [0.15, 0.2) is 11.6 Å². The molecule has 0 atom stereocenters. The fraction of sp³-hybridized carbons (Fsp3) is 0.150. The number of amides is 1. The molecule has 1 amide bonds. The lowest BCUT2D eigenvalue weighted by atomic mass is 10.1. The largest absolute Gasteiger partial charge is 0.421 e. The Labute approximate surface area is 155 Å². The van der Waals surface area contributed by atoms with Gasteiger partial charge in [-0.05, 0) is 43.7 Å². The minimum absolute atomic E-state index is 0.00775. The molecule has 5 nitrogen and oxygen atoms in total. The highest BCUT2D eigenvalue weighted by Gasteiger charge is 2.14. The number of halogens is 2. The number of hydrogen-bond donors (Lipinski definition) is 1. The van der Waals surface area contributed by atoms with Crippen LogP contribution < -0.4 is 10.1 Å². The second-order valence-electron chi connectivity index (χ2n) is 5.94. The highest BCUT2D eigenvalue weighted by molar-refractivity contribution is 5.93.